The van der Waals surface area contributed by atoms with Gasteiger partial charge in [0.2, 0.25) is 5.91 Å². The van der Waals surface area contributed by atoms with Crippen molar-refractivity contribution in [3.63, 3.8) is 0 Å². The van der Waals surface area contributed by atoms with Crippen LogP contribution < -0.4 is 5.32 Å². The van der Waals surface area contributed by atoms with Crippen LogP contribution in [0.2, 0.25) is 10.0 Å². The van der Waals surface area contributed by atoms with Crippen molar-refractivity contribution >= 4 is 46.1 Å². The van der Waals surface area contributed by atoms with Gasteiger partial charge in [-0.3, -0.25) is 9.69 Å². The average molecular weight is 343 g/mol. The summed E-state index contributed by atoms with van der Waals surface area (Å²) in [6, 6.07) is 9.38. The fourth-order valence-electron chi connectivity index (χ4n) is 1.91. The van der Waals surface area contributed by atoms with Crippen molar-refractivity contribution < 1.29 is 4.79 Å². The zero-order chi connectivity index (χ0) is 15.4. The third kappa shape index (κ3) is 4.20. The molecule has 112 valence electrons. The Balaban J connectivity index is 1.98. The fraction of sp³-hybridized carbons (Fsp3) is 0.267. The van der Waals surface area contributed by atoms with Gasteiger partial charge < -0.3 is 5.32 Å². The van der Waals surface area contributed by atoms with E-state index in [1.165, 1.54) is 4.88 Å². The maximum Gasteiger partial charge on any atom is 0.238 e. The van der Waals surface area contributed by atoms with Crippen molar-refractivity contribution in [2.45, 2.75) is 13.0 Å². The minimum atomic E-state index is -0.143. The SMILES string of the molecule is CC(c1cccs1)N(C)CC(=O)Nc1c(Cl)cccc1Cl. The Labute approximate surface area is 138 Å². The van der Waals surface area contributed by atoms with E-state index in [0.29, 0.717) is 15.7 Å². The summed E-state index contributed by atoms with van der Waals surface area (Å²) in [5.41, 5.74) is 0.461. The van der Waals surface area contributed by atoms with E-state index in [1.54, 1.807) is 29.5 Å². The molecule has 0 spiro atoms. The Morgan fingerprint density at radius 1 is 1.29 bits per heavy atom. The Morgan fingerprint density at radius 2 is 1.95 bits per heavy atom. The maximum absolute atomic E-state index is 12.1. The molecule has 1 amide bonds. The van der Waals surface area contributed by atoms with Crippen LogP contribution in [0.25, 0.3) is 0 Å². The quantitative estimate of drug-likeness (QED) is 0.854. The van der Waals surface area contributed by atoms with Gasteiger partial charge >= 0.3 is 0 Å². The highest BCUT2D eigenvalue weighted by Gasteiger charge is 2.17. The van der Waals surface area contributed by atoms with Crippen LogP contribution in [-0.2, 0) is 4.79 Å². The number of likely N-dealkylation sites (N-methyl/N-ethyl adjacent to an activating group) is 1. The number of rotatable bonds is 5. The molecule has 2 aromatic rings. The summed E-state index contributed by atoms with van der Waals surface area (Å²) in [6.07, 6.45) is 0. The molecule has 0 bridgehead atoms. The topological polar surface area (TPSA) is 32.3 Å². The molecule has 0 aliphatic carbocycles. The Hall–Kier alpha value is -1.07. The number of benzene rings is 1. The molecule has 0 aliphatic rings. The van der Waals surface area contributed by atoms with E-state index in [-0.39, 0.29) is 18.5 Å². The van der Waals surface area contributed by atoms with Crippen molar-refractivity contribution in [3.8, 4) is 0 Å². The number of hydrogen-bond donors (Lipinski definition) is 1. The summed E-state index contributed by atoms with van der Waals surface area (Å²) in [6.45, 7) is 2.34. The van der Waals surface area contributed by atoms with Crippen LogP contribution in [0.3, 0.4) is 0 Å². The van der Waals surface area contributed by atoms with Gasteiger partial charge in [-0.25, -0.2) is 0 Å². The Morgan fingerprint density at radius 3 is 2.52 bits per heavy atom. The predicted molar refractivity (Wildman–Crippen MR) is 90.5 cm³/mol. The Kier molecular flexibility index (Phi) is 5.65. The van der Waals surface area contributed by atoms with Crippen LogP contribution in [0.1, 0.15) is 17.8 Å². The van der Waals surface area contributed by atoms with Crippen LogP contribution in [0, 0.1) is 0 Å². The van der Waals surface area contributed by atoms with Crippen molar-refractivity contribution in [2.24, 2.45) is 0 Å². The number of nitrogens with zero attached hydrogens (tertiary/aromatic N) is 1. The first-order valence-corrected chi connectivity index (χ1v) is 8.10. The summed E-state index contributed by atoms with van der Waals surface area (Å²) in [4.78, 5) is 15.3. The van der Waals surface area contributed by atoms with Crippen LogP contribution in [-0.4, -0.2) is 24.4 Å². The van der Waals surface area contributed by atoms with Gasteiger partial charge in [0.1, 0.15) is 0 Å². The van der Waals surface area contributed by atoms with Gasteiger partial charge in [-0.1, -0.05) is 35.3 Å². The van der Waals surface area contributed by atoms with E-state index in [2.05, 4.69) is 18.3 Å². The molecule has 0 radical (unpaired) electrons. The first kappa shape index (κ1) is 16.3. The maximum atomic E-state index is 12.1. The number of hydrogen-bond acceptors (Lipinski definition) is 3. The van der Waals surface area contributed by atoms with Crippen molar-refractivity contribution in [1.82, 2.24) is 4.90 Å². The standard InChI is InChI=1S/C15H16Cl2N2OS/c1-10(13-7-4-8-21-13)19(2)9-14(20)18-15-11(16)5-3-6-12(15)17/h3-8,10H,9H2,1-2H3,(H,18,20). The second-order valence-electron chi connectivity index (χ2n) is 4.75. The molecule has 1 unspecified atom stereocenters. The van der Waals surface area contributed by atoms with Crippen molar-refractivity contribution in [1.29, 1.82) is 0 Å². The lowest BCUT2D eigenvalue weighted by Gasteiger charge is -2.23. The van der Waals surface area contributed by atoms with Crippen LogP contribution in [0.4, 0.5) is 5.69 Å². The van der Waals surface area contributed by atoms with E-state index >= 15 is 0 Å². The molecule has 1 aromatic heterocycles. The summed E-state index contributed by atoms with van der Waals surface area (Å²) in [7, 11) is 1.91. The smallest absolute Gasteiger partial charge is 0.238 e. The number of carbonyl (C=O) groups excluding carboxylic acids is 1. The number of carbonyl (C=O) groups is 1. The average Bonchev–Trinajstić information content (AvgIpc) is 2.96. The van der Waals surface area contributed by atoms with E-state index < -0.39 is 0 Å². The molecule has 6 heteroatoms. The van der Waals surface area contributed by atoms with Crippen molar-refractivity contribution in [2.75, 3.05) is 18.9 Å². The largest absolute Gasteiger partial charge is 0.322 e. The highest BCUT2D eigenvalue weighted by molar-refractivity contribution is 7.10. The molecule has 1 atom stereocenters. The summed E-state index contributed by atoms with van der Waals surface area (Å²) < 4.78 is 0. The second-order valence-corrected chi connectivity index (χ2v) is 6.55. The van der Waals surface area contributed by atoms with E-state index in [4.69, 9.17) is 23.2 Å². The monoisotopic (exact) mass is 342 g/mol. The van der Waals surface area contributed by atoms with E-state index in [0.717, 1.165) is 0 Å². The third-order valence-electron chi connectivity index (χ3n) is 3.24. The van der Waals surface area contributed by atoms with Gasteiger partial charge in [0.25, 0.3) is 0 Å². The highest BCUT2D eigenvalue weighted by Crippen LogP contribution is 2.30. The Bertz CT molecular complexity index is 596. The van der Waals surface area contributed by atoms with E-state index in [9.17, 15) is 4.79 Å². The minimum absolute atomic E-state index is 0.143. The van der Waals surface area contributed by atoms with E-state index in [1.807, 2.05) is 23.4 Å². The molecule has 2 rings (SSSR count). The third-order valence-corrected chi connectivity index (χ3v) is 4.91. The minimum Gasteiger partial charge on any atom is -0.322 e. The van der Waals surface area contributed by atoms with Gasteiger partial charge in [0.15, 0.2) is 0 Å². The lowest BCUT2D eigenvalue weighted by atomic mass is 10.2. The molecule has 0 fully saturated rings. The molecule has 0 saturated heterocycles. The first-order valence-electron chi connectivity index (χ1n) is 6.46. The number of nitrogens with one attached hydrogen (secondary N) is 1. The van der Waals surface area contributed by atoms with Crippen LogP contribution in [0.15, 0.2) is 35.7 Å². The summed E-state index contributed by atoms with van der Waals surface area (Å²) in [5.74, 6) is -0.143. The molecule has 0 aliphatic heterocycles. The second kappa shape index (κ2) is 7.27. The first-order chi connectivity index (χ1) is 9.99. The van der Waals surface area contributed by atoms with Gasteiger partial charge in [0.05, 0.1) is 22.3 Å². The predicted octanol–water partition coefficient (Wildman–Crippen LogP) is 4.69. The molecule has 1 heterocycles. The summed E-state index contributed by atoms with van der Waals surface area (Å²) >= 11 is 13.8. The number of amides is 1. The summed E-state index contributed by atoms with van der Waals surface area (Å²) in [5, 5.41) is 5.67. The van der Waals surface area contributed by atoms with Crippen LogP contribution in [0.5, 0.6) is 0 Å². The number of anilines is 1. The highest BCUT2D eigenvalue weighted by atomic mass is 35.5. The van der Waals surface area contributed by atoms with Gasteiger partial charge in [-0.2, -0.15) is 0 Å². The molecule has 1 N–H and O–H groups in total. The van der Waals surface area contributed by atoms with Crippen LogP contribution >= 0.6 is 34.5 Å². The number of thiophene rings is 1. The zero-order valence-electron chi connectivity index (χ0n) is 11.8. The van der Waals surface area contributed by atoms with Gasteiger partial charge in [0, 0.05) is 10.9 Å². The fourth-order valence-corrected chi connectivity index (χ4v) is 3.25. The number of para-hydroxylation sites is 1. The lowest BCUT2D eigenvalue weighted by molar-refractivity contribution is -0.117. The molecular formula is C15H16Cl2N2OS. The lowest BCUT2D eigenvalue weighted by Crippen LogP contribution is -2.32. The molecule has 21 heavy (non-hydrogen) atoms. The normalized spacial score (nSPS) is 12.4. The zero-order valence-corrected chi connectivity index (χ0v) is 14.1. The van der Waals surface area contributed by atoms with Gasteiger partial charge in [-0.05, 0) is 37.6 Å². The molecular weight excluding hydrogens is 327 g/mol. The van der Waals surface area contributed by atoms with Gasteiger partial charge in [-0.15, -0.1) is 11.3 Å². The molecule has 3 nitrogen and oxygen atoms in total. The molecule has 0 saturated carbocycles. The van der Waals surface area contributed by atoms with Crippen molar-refractivity contribution in [3.05, 3.63) is 50.6 Å². The molecule has 1 aromatic carbocycles. The number of halogens is 2.